The number of anilines is 1. The van der Waals surface area contributed by atoms with Crippen LogP contribution in [-0.4, -0.2) is 6.54 Å². The van der Waals surface area contributed by atoms with E-state index in [9.17, 15) is 4.39 Å². The Labute approximate surface area is 131 Å². The van der Waals surface area contributed by atoms with E-state index in [1.165, 1.54) is 5.56 Å². The quantitative estimate of drug-likeness (QED) is 0.868. The van der Waals surface area contributed by atoms with E-state index in [0.29, 0.717) is 18.8 Å². The highest BCUT2D eigenvalue weighted by Crippen LogP contribution is 2.26. The van der Waals surface area contributed by atoms with E-state index in [4.69, 9.17) is 11.0 Å². The second kappa shape index (κ2) is 7.21. The summed E-state index contributed by atoms with van der Waals surface area (Å²) in [4.78, 5) is 0. The van der Waals surface area contributed by atoms with Gasteiger partial charge in [0, 0.05) is 6.54 Å². The van der Waals surface area contributed by atoms with E-state index >= 15 is 0 Å². The van der Waals surface area contributed by atoms with Crippen molar-refractivity contribution in [1.29, 1.82) is 5.26 Å². The van der Waals surface area contributed by atoms with Crippen LogP contribution in [0, 0.1) is 17.1 Å². The molecule has 2 aromatic rings. The third kappa shape index (κ3) is 3.81. The van der Waals surface area contributed by atoms with Crippen molar-refractivity contribution >= 4 is 21.6 Å². The molecule has 3 nitrogen and oxygen atoms in total. The summed E-state index contributed by atoms with van der Waals surface area (Å²) < 4.78 is 14.2. The molecule has 0 amide bonds. The van der Waals surface area contributed by atoms with Gasteiger partial charge in [-0.3, -0.25) is 0 Å². The van der Waals surface area contributed by atoms with Crippen LogP contribution in [-0.2, 0) is 13.0 Å². The van der Waals surface area contributed by atoms with E-state index < -0.39 is 5.82 Å². The molecule has 0 aliphatic rings. The van der Waals surface area contributed by atoms with Crippen molar-refractivity contribution in [2.24, 2.45) is 5.73 Å². The first-order valence-corrected chi connectivity index (χ1v) is 7.35. The van der Waals surface area contributed by atoms with Crippen molar-refractivity contribution in [3.8, 4) is 6.07 Å². The molecule has 0 spiro atoms. The molecule has 0 atom stereocenters. The van der Waals surface area contributed by atoms with Gasteiger partial charge in [-0.15, -0.1) is 0 Å². The maximum Gasteiger partial charge on any atom is 0.161 e. The minimum Gasteiger partial charge on any atom is -0.379 e. The SMILES string of the molecule is N#Cc1ccc(NCc2ccc(CCN)cc2)c(F)c1Br. The zero-order valence-corrected chi connectivity index (χ0v) is 13.0. The van der Waals surface area contributed by atoms with Crippen molar-refractivity contribution in [3.63, 3.8) is 0 Å². The molecule has 21 heavy (non-hydrogen) atoms. The summed E-state index contributed by atoms with van der Waals surface area (Å²) in [5.74, 6) is -0.450. The summed E-state index contributed by atoms with van der Waals surface area (Å²) in [7, 11) is 0. The molecule has 0 radical (unpaired) electrons. The molecule has 0 aliphatic carbocycles. The highest BCUT2D eigenvalue weighted by atomic mass is 79.9. The van der Waals surface area contributed by atoms with Crippen LogP contribution in [0.4, 0.5) is 10.1 Å². The average Bonchev–Trinajstić information content (AvgIpc) is 2.50. The van der Waals surface area contributed by atoms with Crippen LogP contribution < -0.4 is 11.1 Å². The molecular formula is C16H15BrFN3. The zero-order chi connectivity index (χ0) is 15.2. The molecule has 0 bridgehead atoms. The Hall–Kier alpha value is -1.90. The third-order valence-electron chi connectivity index (χ3n) is 3.14. The van der Waals surface area contributed by atoms with Gasteiger partial charge in [-0.05, 0) is 52.2 Å². The Kier molecular flexibility index (Phi) is 5.32. The molecule has 0 aromatic heterocycles. The normalized spacial score (nSPS) is 10.2. The van der Waals surface area contributed by atoms with Crippen molar-refractivity contribution in [2.45, 2.75) is 13.0 Å². The number of benzene rings is 2. The van der Waals surface area contributed by atoms with E-state index in [0.717, 1.165) is 12.0 Å². The molecular weight excluding hydrogens is 333 g/mol. The van der Waals surface area contributed by atoms with Crippen molar-refractivity contribution in [1.82, 2.24) is 0 Å². The number of nitrogens with zero attached hydrogens (tertiary/aromatic N) is 1. The van der Waals surface area contributed by atoms with E-state index in [-0.39, 0.29) is 10.0 Å². The molecule has 108 valence electrons. The number of hydrogen-bond donors (Lipinski definition) is 2. The van der Waals surface area contributed by atoms with Crippen LogP contribution in [0.3, 0.4) is 0 Å². The van der Waals surface area contributed by atoms with Gasteiger partial charge in [0.25, 0.3) is 0 Å². The standard InChI is InChI=1S/C16H15BrFN3/c17-15-13(9-20)5-6-14(16(15)18)21-10-12-3-1-11(2-4-12)7-8-19/h1-6,21H,7-8,10,19H2. The fourth-order valence-electron chi connectivity index (χ4n) is 1.96. The second-order valence-electron chi connectivity index (χ2n) is 4.61. The van der Waals surface area contributed by atoms with E-state index in [1.54, 1.807) is 12.1 Å². The molecule has 0 saturated heterocycles. The van der Waals surface area contributed by atoms with Gasteiger partial charge in [-0.25, -0.2) is 4.39 Å². The summed E-state index contributed by atoms with van der Waals surface area (Å²) in [5.41, 5.74) is 8.40. The van der Waals surface area contributed by atoms with Gasteiger partial charge in [0.1, 0.15) is 6.07 Å². The fourth-order valence-corrected chi connectivity index (χ4v) is 2.39. The number of nitrogens with one attached hydrogen (secondary N) is 1. The minimum atomic E-state index is -0.450. The van der Waals surface area contributed by atoms with Gasteiger partial charge < -0.3 is 11.1 Å². The lowest BCUT2D eigenvalue weighted by atomic mass is 10.1. The Morgan fingerprint density at radius 1 is 1.14 bits per heavy atom. The predicted molar refractivity (Wildman–Crippen MR) is 85.3 cm³/mol. The first kappa shape index (κ1) is 15.5. The van der Waals surface area contributed by atoms with Gasteiger partial charge in [0.15, 0.2) is 5.82 Å². The number of hydrogen-bond acceptors (Lipinski definition) is 3. The fraction of sp³-hybridized carbons (Fsp3) is 0.188. The first-order valence-electron chi connectivity index (χ1n) is 6.55. The van der Waals surface area contributed by atoms with E-state index in [1.807, 2.05) is 30.3 Å². The number of rotatable bonds is 5. The molecule has 5 heteroatoms. The van der Waals surface area contributed by atoms with Gasteiger partial charge >= 0.3 is 0 Å². The molecule has 2 aromatic carbocycles. The summed E-state index contributed by atoms with van der Waals surface area (Å²) in [6, 6.07) is 13.1. The van der Waals surface area contributed by atoms with E-state index in [2.05, 4.69) is 21.2 Å². The summed E-state index contributed by atoms with van der Waals surface area (Å²) >= 11 is 3.09. The molecule has 2 rings (SSSR count). The van der Waals surface area contributed by atoms with Crippen LogP contribution >= 0.6 is 15.9 Å². The van der Waals surface area contributed by atoms with Gasteiger partial charge in [0.05, 0.1) is 15.7 Å². The number of halogens is 2. The lowest BCUT2D eigenvalue weighted by Crippen LogP contribution is -2.04. The van der Waals surface area contributed by atoms with Gasteiger partial charge in [-0.1, -0.05) is 24.3 Å². The highest BCUT2D eigenvalue weighted by Gasteiger charge is 2.10. The summed E-state index contributed by atoms with van der Waals surface area (Å²) in [5, 5.41) is 11.9. The zero-order valence-electron chi connectivity index (χ0n) is 11.4. The highest BCUT2D eigenvalue weighted by molar-refractivity contribution is 9.10. The third-order valence-corrected chi connectivity index (χ3v) is 3.92. The Morgan fingerprint density at radius 3 is 2.43 bits per heavy atom. The maximum absolute atomic E-state index is 14.0. The molecule has 3 N–H and O–H groups in total. The molecule has 0 fully saturated rings. The van der Waals surface area contributed by atoms with Crippen LogP contribution in [0.25, 0.3) is 0 Å². The summed E-state index contributed by atoms with van der Waals surface area (Å²) in [6.07, 6.45) is 0.852. The average molecular weight is 348 g/mol. The van der Waals surface area contributed by atoms with Crippen LogP contribution in [0.1, 0.15) is 16.7 Å². The number of nitrogens with two attached hydrogens (primary N) is 1. The smallest absolute Gasteiger partial charge is 0.161 e. The first-order chi connectivity index (χ1) is 10.2. The molecule has 0 saturated carbocycles. The second-order valence-corrected chi connectivity index (χ2v) is 5.40. The van der Waals surface area contributed by atoms with Crippen LogP contribution in [0.2, 0.25) is 0 Å². The minimum absolute atomic E-state index is 0.188. The van der Waals surface area contributed by atoms with Crippen molar-refractivity contribution in [2.75, 3.05) is 11.9 Å². The van der Waals surface area contributed by atoms with Crippen LogP contribution in [0.15, 0.2) is 40.9 Å². The van der Waals surface area contributed by atoms with Crippen LogP contribution in [0.5, 0.6) is 0 Å². The Balaban J connectivity index is 2.06. The monoisotopic (exact) mass is 347 g/mol. The lowest BCUT2D eigenvalue weighted by Gasteiger charge is -2.10. The van der Waals surface area contributed by atoms with Crippen molar-refractivity contribution in [3.05, 3.63) is 63.4 Å². The van der Waals surface area contributed by atoms with Crippen molar-refractivity contribution < 1.29 is 4.39 Å². The number of nitriles is 1. The molecule has 0 aliphatic heterocycles. The Morgan fingerprint density at radius 2 is 1.81 bits per heavy atom. The van der Waals surface area contributed by atoms with Gasteiger partial charge in [-0.2, -0.15) is 5.26 Å². The predicted octanol–water partition coefficient (Wildman–Crippen LogP) is 3.57. The largest absolute Gasteiger partial charge is 0.379 e. The molecule has 0 unspecified atom stereocenters. The van der Waals surface area contributed by atoms with Gasteiger partial charge in [0.2, 0.25) is 0 Å². The summed E-state index contributed by atoms with van der Waals surface area (Å²) in [6.45, 7) is 1.14. The topological polar surface area (TPSA) is 61.8 Å². The maximum atomic E-state index is 14.0. The Bertz CT molecular complexity index is 662. The lowest BCUT2D eigenvalue weighted by molar-refractivity contribution is 0.623. The molecule has 0 heterocycles.